The van der Waals surface area contributed by atoms with Gasteiger partial charge in [-0.2, -0.15) is 0 Å². The standard InChI is InChI=1S/C23H22ClN9O/c1-2-3-4-14-20-26-7-8-33(20)11-15(29-14)18-30-17(25)16-19(31-18)32-22(34)23(16,12-5-6-12)21-27-9-13(24)10-28-21/h7-12H,2-6H2,1H3,(H3,25,30,31,32,34). The van der Waals surface area contributed by atoms with Crippen molar-refractivity contribution in [3.05, 3.63) is 53.1 Å². The summed E-state index contributed by atoms with van der Waals surface area (Å²) in [4.78, 5) is 40.8. The summed E-state index contributed by atoms with van der Waals surface area (Å²) < 4.78 is 1.91. The van der Waals surface area contributed by atoms with E-state index < -0.39 is 5.41 Å². The van der Waals surface area contributed by atoms with Gasteiger partial charge in [0.05, 0.1) is 16.3 Å². The Bertz CT molecular complexity index is 1430. The number of aromatic nitrogens is 7. The third kappa shape index (κ3) is 3.05. The number of fused-ring (bicyclic) bond motifs is 2. The third-order valence-electron chi connectivity index (χ3n) is 6.52. The number of nitrogens with one attached hydrogen (secondary N) is 1. The Hall–Kier alpha value is -3.66. The van der Waals surface area contributed by atoms with E-state index in [1.807, 2.05) is 16.8 Å². The summed E-state index contributed by atoms with van der Waals surface area (Å²) in [5.41, 5.74) is 8.17. The zero-order chi connectivity index (χ0) is 23.4. The first kappa shape index (κ1) is 20.9. The Labute approximate surface area is 200 Å². The number of nitrogens with zero attached hydrogens (tertiary/aromatic N) is 7. The Morgan fingerprint density at radius 2 is 2.00 bits per heavy atom. The number of unbranched alkanes of at least 4 members (excludes halogenated alkanes) is 1. The number of carbonyl (C=O) groups is 1. The van der Waals surface area contributed by atoms with Gasteiger partial charge in [-0.1, -0.05) is 24.9 Å². The number of hydrogen-bond acceptors (Lipinski definition) is 8. The Morgan fingerprint density at radius 1 is 1.21 bits per heavy atom. The largest absolute Gasteiger partial charge is 0.383 e. The Balaban J connectivity index is 1.50. The van der Waals surface area contributed by atoms with Crippen LogP contribution in [0.5, 0.6) is 0 Å². The van der Waals surface area contributed by atoms with Gasteiger partial charge in [0, 0.05) is 31.0 Å². The number of anilines is 2. The van der Waals surface area contributed by atoms with Gasteiger partial charge in [0.2, 0.25) is 5.91 Å². The maximum atomic E-state index is 13.5. The van der Waals surface area contributed by atoms with Crippen LogP contribution in [-0.2, 0) is 16.6 Å². The molecule has 0 radical (unpaired) electrons. The summed E-state index contributed by atoms with van der Waals surface area (Å²) in [5, 5.41) is 3.32. The topological polar surface area (TPSA) is 137 Å². The van der Waals surface area contributed by atoms with Crippen molar-refractivity contribution in [1.82, 2.24) is 34.3 Å². The van der Waals surface area contributed by atoms with E-state index >= 15 is 0 Å². The molecule has 11 heteroatoms. The lowest BCUT2D eigenvalue weighted by molar-refractivity contribution is -0.120. The zero-order valence-corrected chi connectivity index (χ0v) is 19.2. The minimum absolute atomic E-state index is 0.0211. The second-order valence-electron chi connectivity index (χ2n) is 8.75. The van der Waals surface area contributed by atoms with Gasteiger partial charge >= 0.3 is 0 Å². The summed E-state index contributed by atoms with van der Waals surface area (Å²) in [6.07, 6.45) is 13.0. The zero-order valence-electron chi connectivity index (χ0n) is 18.5. The molecule has 0 spiro atoms. The van der Waals surface area contributed by atoms with E-state index in [1.165, 1.54) is 12.4 Å². The average Bonchev–Trinajstić information content (AvgIpc) is 3.48. The lowest BCUT2D eigenvalue weighted by Gasteiger charge is -2.26. The molecule has 5 heterocycles. The van der Waals surface area contributed by atoms with Gasteiger partial charge in [0.1, 0.15) is 28.6 Å². The van der Waals surface area contributed by atoms with Gasteiger partial charge < -0.3 is 15.5 Å². The van der Waals surface area contributed by atoms with Crippen LogP contribution in [0.25, 0.3) is 17.2 Å². The van der Waals surface area contributed by atoms with Crippen LogP contribution in [0.4, 0.5) is 11.6 Å². The molecule has 1 aliphatic heterocycles. The summed E-state index contributed by atoms with van der Waals surface area (Å²) in [5.74, 6) is 1.07. The second kappa shape index (κ2) is 7.69. The van der Waals surface area contributed by atoms with Gasteiger partial charge in [0.15, 0.2) is 11.5 Å². The highest BCUT2D eigenvalue weighted by atomic mass is 35.5. The first-order chi connectivity index (χ1) is 16.5. The fourth-order valence-electron chi connectivity index (χ4n) is 4.83. The van der Waals surface area contributed by atoms with Crippen LogP contribution >= 0.6 is 11.6 Å². The molecule has 34 heavy (non-hydrogen) atoms. The van der Waals surface area contributed by atoms with Crippen molar-refractivity contribution in [3.63, 3.8) is 0 Å². The van der Waals surface area contributed by atoms with E-state index in [0.717, 1.165) is 43.4 Å². The lowest BCUT2D eigenvalue weighted by atomic mass is 9.76. The summed E-state index contributed by atoms with van der Waals surface area (Å²) in [6.45, 7) is 2.14. The molecule has 1 aliphatic carbocycles. The van der Waals surface area contributed by atoms with E-state index in [4.69, 9.17) is 27.3 Å². The molecular formula is C23H22ClN9O. The SMILES string of the molecule is CCCCc1nc(-c2nc(N)c3c(n2)NC(=O)C3(c2ncc(Cl)cn2)C2CC2)cn2ccnc12. The number of imidazole rings is 1. The fraction of sp³-hybridized carbons (Fsp3) is 0.348. The number of nitrogen functional groups attached to an aromatic ring is 1. The van der Waals surface area contributed by atoms with Crippen LogP contribution < -0.4 is 11.1 Å². The molecule has 1 amide bonds. The molecule has 0 aromatic carbocycles. The summed E-state index contributed by atoms with van der Waals surface area (Å²) >= 11 is 6.00. The van der Waals surface area contributed by atoms with Crippen LogP contribution in [0.3, 0.4) is 0 Å². The highest BCUT2D eigenvalue weighted by molar-refractivity contribution is 6.30. The predicted octanol–water partition coefficient (Wildman–Crippen LogP) is 3.20. The van der Waals surface area contributed by atoms with Crippen molar-refractivity contribution >= 4 is 34.8 Å². The van der Waals surface area contributed by atoms with Crippen LogP contribution in [-0.4, -0.2) is 40.2 Å². The number of amides is 1. The minimum Gasteiger partial charge on any atom is -0.383 e. The molecule has 0 saturated heterocycles. The molecule has 4 aromatic heterocycles. The number of aryl methyl sites for hydroxylation is 1. The molecule has 1 fully saturated rings. The highest BCUT2D eigenvalue weighted by Gasteiger charge is 2.61. The van der Waals surface area contributed by atoms with Gasteiger partial charge in [-0.25, -0.2) is 29.9 Å². The van der Waals surface area contributed by atoms with E-state index in [1.54, 1.807) is 6.20 Å². The van der Waals surface area contributed by atoms with Crippen molar-refractivity contribution in [2.75, 3.05) is 11.1 Å². The van der Waals surface area contributed by atoms with Crippen molar-refractivity contribution in [2.45, 2.75) is 44.4 Å². The molecular weight excluding hydrogens is 454 g/mol. The molecule has 2 aliphatic rings. The van der Waals surface area contributed by atoms with Crippen molar-refractivity contribution in [3.8, 4) is 11.5 Å². The fourth-order valence-corrected chi connectivity index (χ4v) is 4.92. The molecule has 4 aromatic rings. The van der Waals surface area contributed by atoms with Crippen molar-refractivity contribution in [1.29, 1.82) is 0 Å². The predicted molar refractivity (Wildman–Crippen MR) is 126 cm³/mol. The van der Waals surface area contributed by atoms with Crippen molar-refractivity contribution in [2.24, 2.45) is 5.92 Å². The van der Waals surface area contributed by atoms with Gasteiger partial charge in [-0.15, -0.1) is 0 Å². The Morgan fingerprint density at radius 3 is 2.74 bits per heavy atom. The van der Waals surface area contributed by atoms with E-state index in [9.17, 15) is 4.79 Å². The smallest absolute Gasteiger partial charge is 0.244 e. The molecule has 10 nitrogen and oxygen atoms in total. The number of carbonyl (C=O) groups excluding carboxylic acids is 1. The molecule has 1 unspecified atom stereocenters. The molecule has 1 saturated carbocycles. The normalized spacial score (nSPS) is 19.4. The third-order valence-corrected chi connectivity index (χ3v) is 6.72. The first-order valence-electron chi connectivity index (χ1n) is 11.3. The number of hydrogen-bond donors (Lipinski definition) is 2. The summed E-state index contributed by atoms with van der Waals surface area (Å²) in [6, 6.07) is 0. The van der Waals surface area contributed by atoms with Crippen molar-refractivity contribution < 1.29 is 4.79 Å². The molecule has 0 bridgehead atoms. The molecule has 172 valence electrons. The van der Waals surface area contributed by atoms with E-state index in [2.05, 4.69) is 32.2 Å². The molecule has 1 atom stereocenters. The average molecular weight is 476 g/mol. The van der Waals surface area contributed by atoms with Crippen LogP contribution in [0, 0.1) is 5.92 Å². The van der Waals surface area contributed by atoms with Gasteiger partial charge in [0.25, 0.3) is 0 Å². The number of nitrogens with two attached hydrogens (primary N) is 1. The number of rotatable bonds is 6. The monoisotopic (exact) mass is 475 g/mol. The number of halogens is 1. The Kier molecular flexibility index (Phi) is 4.73. The second-order valence-corrected chi connectivity index (χ2v) is 9.19. The van der Waals surface area contributed by atoms with Crippen LogP contribution in [0.2, 0.25) is 5.02 Å². The van der Waals surface area contributed by atoms with Gasteiger partial charge in [-0.05, 0) is 31.6 Å². The first-order valence-corrected chi connectivity index (χ1v) is 11.7. The maximum Gasteiger partial charge on any atom is 0.244 e. The van der Waals surface area contributed by atoms with Crippen LogP contribution in [0.15, 0.2) is 31.0 Å². The van der Waals surface area contributed by atoms with Gasteiger partial charge in [-0.3, -0.25) is 4.79 Å². The molecule has 3 N–H and O–H groups in total. The molecule has 6 rings (SSSR count). The van der Waals surface area contributed by atoms with Crippen LogP contribution in [0.1, 0.15) is 49.7 Å². The summed E-state index contributed by atoms with van der Waals surface area (Å²) in [7, 11) is 0. The quantitative estimate of drug-likeness (QED) is 0.433. The van der Waals surface area contributed by atoms with E-state index in [-0.39, 0.29) is 17.6 Å². The highest BCUT2D eigenvalue weighted by Crippen LogP contribution is 2.56. The lowest BCUT2D eigenvalue weighted by Crippen LogP contribution is -2.40. The maximum absolute atomic E-state index is 13.5. The minimum atomic E-state index is -1.13. The van der Waals surface area contributed by atoms with E-state index in [0.29, 0.717) is 33.7 Å².